The van der Waals surface area contributed by atoms with E-state index in [2.05, 4.69) is 17.3 Å². The number of hydrogen-bond donors (Lipinski definition) is 2. The summed E-state index contributed by atoms with van der Waals surface area (Å²) in [6.07, 6.45) is 3.79. The van der Waals surface area contributed by atoms with Crippen LogP contribution in [-0.4, -0.2) is 41.6 Å². The zero-order chi connectivity index (χ0) is 12.4. The fourth-order valence-corrected chi connectivity index (χ4v) is 2.23. The van der Waals surface area contributed by atoms with Crippen LogP contribution in [0.15, 0.2) is 12.3 Å². The number of carbonyl (C=O) groups excluding carboxylic acids is 1. The van der Waals surface area contributed by atoms with Crippen LogP contribution in [0.2, 0.25) is 0 Å². The summed E-state index contributed by atoms with van der Waals surface area (Å²) in [7, 11) is 3.94. The van der Waals surface area contributed by atoms with Crippen molar-refractivity contribution in [3.8, 4) is 0 Å². The molecule has 1 aliphatic heterocycles. The molecule has 3 N–H and O–H groups in total. The molecule has 1 aromatic heterocycles. The van der Waals surface area contributed by atoms with Crippen LogP contribution in [-0.2, 0) is 7.05 Å². The predicted molar refractivity (Wildman–Crippen MR) is 67.8 cm³/mol. The summed E-state index contributed by atoms with van der Waals surface area (Å²) in [5.74, 6) is -0.0289. The molecule has 0 aromatic carbocycles. The van der Waals surface area contributed by atoms with Crippen LogP contribution in [0.1, 0.15) is 23.3 Å². The van der Waals surface area contributed by atoms with Crippen LogP contribution in [0.3, 0.4) is 0 Å². The van der Waals surface area contributed by atoms with E-state index in [0.29, 0.717) is 11.4 Å². The third-order valence-electron chi connectivity index (χ3n) is 3.31. The smallest absolute Gasteiger partial charge is 0.268 e. The molecule has 94 valence electrons. The molecule has 1 amide bonds. The van der Waals surface area contributed by atoms with E-state index in [1.807, 2.05) is 7.05 Å². The highest BCUT2D eigenvalue weighted by atomic mass is 16.2. The maximum Gasteiger partial charge on any atom is 0.268 e. The number of aryl methyl sites for hydroxylation is 1. The van der Waals surface area contributed by atoms with E-state index in [9.17, 15) is 4.79 Å². The lowest BCUT2D eigenvalue weighted by molar-refractivity contribution is 0.0908. The highest BCUT2D eigenvalue weighted by molar-refractivity contribution is 5.93. The van der Waals surface area contributed by atoms with Crippen molar-refractivity contribution in [2.24, 2.45) is 7.05 Å². The first-order valence-electron chi connectivity index (χ1n) is 5.97. The Morgan fingerprint density at radius 1 is 1.41 bits per heavy atom. The molecular formula is C12H20N4O. The molecule has 0 unspecified atom stereocenters. The minimum absolute atomic E-state index is 0.0289. The van der Waals surface area contributed by atoms with Gasteiger partial charge >= 0.3 is 0 Å². The van der Waals surface area contributed by atoms with Gasteiger partial charge in [0.15, 0.2) is 0 Å². The van der Waals surface area contributed by atoms with E-state index in [1.165, 1.54) is 0 Å². The quantitative estimate of drug-likeness (QED) is 0.783. The number of carbonyl (C=O) groups is 1. The van der Waals surface area contributed by atoms with Crippen LogP contribution < -0.4 is 11.1 Å². The molecule has 0 bridgehead atoms. The van der Waals surface area contributed by atoms with Gasteiger partial charge in [-0.05, 0) is 39.0 Å². The number of nitrogens with two attached hydrogens (primary N) is 1. The fourth-order valence-electron chi connectivity index (χ4n) is 2.23. The van der Waals surface area contributed by atoms with Gasteiger partial charge in [-0.2, -0.15) is 0 Å². The van der Waals surface area contributed by atoms with E-state index in [0.717, 1.165) is 25.9 Å². The number of nitrogens with zero attached hydrogens (tertiary/aromatic N) is 2. The van der Waals surface area contributed by atoms with Crippen molar-refractivity contribution in [2.75, 3.05) is 25.9 Å². The zero-order valence-electron chi connectivity index (χ0n) is 10.4. The average Bonchev–Trinajstić information content (AvgIpc) is 2.61. The lowest BCUT2D eigenvalue weighted by Crippen LogP contribution is -2.43. The van der Waals surface area contributed by atoms with Gasteiger partial charge in [-0.25, -0.2) is 0 Å². The average molecular weight is 236 g/mol. The molecule has 5 heteroatoms. The number of piperidine rings is 1. The van der Waals surface area contributed by atoms with Crippen LogP contribution in [0, 0.1) is 0 Å². The van der Waals surface area contributed by atoms with Gasteiger partial charge in [-0.3, -0.25) is 4.79 Å². The summed E-state index contributed by atoms with van der Waals surface area (Å²) in [4.78, 5) is 14.3. The number of nitrogen functional groups attached to an aromatic ring is 1. The molecule has 1 aromatic rings. The van der Waals surface area contributed by atoms with Gasteiger partial charge in [0.2, 0.25) is 0 Å². The van der Waals surface area contributed by atoms with Gasteiger partial charge in [0.25, 0.3) is 5.91 Å². The lowest BCUT2D eigenvalue weighted by atomic mass is 10.1. The molecule has 2 rings (SSSR count). The van der Waals surface area contributed by atoms with Gasteiger partial charge in [-0.15, -0.1) is 0 Å². The molecule has 0 saturated carbocycles. The maximum absolute atomic E-state index is 12.0. The van der Waals surface area contributed by atoms with Crippen molar-refractivity contribution in [1.82, 2.24) is 14.8 Å². The maximum atomic E-state index is 12.0. The van der Waals surface area contributed by atoms with Crippen molar-refractivity contribution >= 4 is 11.6 Å². The Kier molecular flexibility index (Phi) is 3.38. The minimum atomic E-state index is -0.0289. The third kappa shape index (κ3) is 2.79. The topological polar surface area (TPSA) is 63.3 Å². The Morgan fingerprint density at radius 3 is 2.59 bits per heavy atom. The Hall–Kier alpha value is -1.49. The van der Waals surface area contributed by atoms with Gasteiger partial charge in [-0.1, -0.05) is 0 Å². The highest BCUT2D eigenvalue weighted by Crippen LogP contribution is 2.12. The van der Waals surface area contributed by atoms with Gasteiger partial charge < -0.3 is 20.5 Å². The molecule has 1 fully saturated rings. The minimum Gasteiger partial charge on any atom is -0.397 e. The van der Waals surface area contributed by atoms with E-state index in [-0.39, 0.29) is 11.9 Å². The Labute approximate surface area is 102 Å². The summed E-state index contributed by atoms with van der Waals surface area (Å²) >= 11 is 0. The number of aromatic nitrogens is 1. The SMILES string of the molecule is CN1CCC(NC(=O)c2cc(N)cn2C)CC1. The first-order chi connectivity index (χ1) is 8.06. The Bertz CT molecular complexity index is 405. The summed E-state index contributed by atoms with van der Waals surface area (Å²) in [5, 5.41) is 3.07. The molecule has 0 radical (unpaired) electrons. The van der Waals surface area contributed by atoms with Crippen molar-refractivity contribution in [1.29, 1.82) is 0 Å². The third-order valence-corrected chi connectivity index (χ3v) is 3.31. The van der Waals surface area contributed by atoms with Gasteiger partial charge in [0.1, 0.15) is 5.69 Å². The van der Waals surface area contributed by atoms with Crippen LogP contribution >= 0.6 is 0 Å². The second-order valence-electron chi connectivity index (χ2n) is 4.82. The van der Waals surface area contributed by atoms with Crippen molar-refractivity contribution < 1.29 is 4.79 Å². The molecule has 1 aliphatic rings. The largest absolute Gasteiger partial charge is 0.397 e. The number of nitrogens with one attached hydrogen (secondary N) is 1. The number of likely N-dealkylation sites (tertiary alicyclic amines) is 1. The summed E-state index contributed by atoms with van der Waals surface area (Å²) < 4.78 is 1.76. The highest BCUT2D eigenvalue weighted by Gasteiger charge is 2.20. The lowest BCUT2D eigenvalue weighted by Gasteiger charge is -2.29. The molecule has 2 heterocycles. The van der Waals surface area contributed by atoms with Gasteiger partial charge in [0.05, 0.1) is 5.69 Å². The summed E-state index contributed by atoms with van der Waals surface area (Å²) in [6.45, 7) is 2.08. The molecule has 5 nitrogen and oxygen atoms in total. The van der Waals surface area contributed by atoms with Crippen LogP contribution in [0.25, 0.3) is 0 Å². The molecular weight excluding hydrogens is 216 g/mol. The first-order valence-corrected chi connectivity index (χ1v) is 5.97. The molecule has 17 heavy (non-hydrogen) atoms. The number of anilines is 1. The van der Waals surface area contributed by atoms with Crippen molar-refractivity contribution in [2.45, 2.75) is 18.9 Å². The van der Waals surface area contributed by atoms with E-state index in [4.69, 9.17) is 5.73 Å². The van der Waals surface area contributed by atoms with Crippen LogP contribution in [0.4, 0.5) is 5.69 Å². The second-order valence-corrected chi connectivity index (χ2v) is 4.82. The van der Waals surface area contributed by atoms with Gasteiger partial charge in [0, 0.05) is 19.3 Å². The van der Waals surface area contributed by atoms with Crippen molar-refractivity contribution in [3.63, 3.8) is 0 Å². The predicted octanol–water partition coefficient (Wildman–Crippen LogP) is 0.431. The summed E-state index contributed by atoms with van der Waals surface area (Å²) in [6, 6.07) is 2.00. The number of hydrogen-bond acceptors (Lipinski definition) is 3. The van der Waals surface area contributed by atoms with Crippen molar-refractivity contribution in [3.05, 3.63) is 18.0 Å². The second kappa shape index (κ2) is 4.79. The standard InChI is InChI=1S/C12H20N4O/c1-15-5-3-10(4-6-15)14-12(17)11-7-9(13)8-16(11)2/h7-8,10H,3-6,13H2,1-2H3,(H,14,17). The monoisotopic (exact) mass is 236 g/mol. The first kappa shape index (κ1) is 12.0. The normalized spacial score (nSPS) is 18.2. The van der Waals surface area contributed by atoms with E-state index in [1.54, 1.807) is 16.8 Å². The molecule has 0 aliphatic carbocycles. The molecule has 0 spiro atoms. The number of amides is 1. The molecule has 1 saturated heterocycles. The zero-order valence-corrected chi connectivity index (χ0v) is 10.4. The number of rotatable bonds is 2. The van der Waals surface area contributed by atoms with E-state index < -0.39 is 0 Å². The van der Waals surface area contributed by atoms with Crippen LogP contribution in [0.5, 0.6) is 0 Å². The fraction of sp³-hybridized carbons (Fsp3) is 0.583. The Balaban J connectivity index is 1.95. The summed E-state index contributed by atoms with van der Waals surface area (Å²) in [5.41, 5.74) is 6.91. The van der Waals surface area contributed by atoms with E-state index >= 15 is 0 Å². The molecule has 0 atom stereocenters. The Morgan fingerprint density at radius 2 is 2.06 bits per heavy atom.